The molecule has 0 heterocycles. The fraction of sp³-hybridized carbons (Fsp3) is 0.647. The van der Waals surface area contributed by atoms with Crippen LogP contribution in [-0.2, 0) is 0 Å². The number of nitrogens with one attached hydrogen (secondary N) is 1. The van der Waals surface area contributed by atoms with Gasteiger partial charge in [0, 0.05) is 12.6 Å². The van der Waals surface area contributed by atoms with E-state index in [1.807, 2.05) is 30.3 Å². The molecule has 0 atom stereocenters. The lowest BCUT2D eigenvalue weighted by Gasteiger charge is -2.29. The van der Waals surface area contributed by atoms with Crippen LogP contribution in [0.4, 0.5) is 0 Å². The van der Waals surface area contributed by atoms with Crippen LogP contribution in [-0.4, -0.2) is 19.2 Å². The van der Waals surface area contributed by atoms with Crippen LogP contribution in [0.1, 0.15) is 44.9 Å². The van der Waals surface area contributed by atoms with E-state index in [2.05, 4.69) is 5.32 Å². The third kappa shape index (κ3) is 3.73. The highest BCUT2D eigenvalue weighted by atomic mass is 16.5. The van der Waals surface area contributed by atoms with E-state index >= 15 is 0 Å². The van der Waals surface area contributed by atoms with Crippen LogP contribution in [0.5, 0.6) is 5.75 Å². The van der Waals surface area contributed by atoms with Gasteiger partial charge < -0.3 is 10.1 Å². The number of hydrogen-bond donors (Lipinski definition) is 1. The van der Waals surface area contributed by atoms with Crippen LogP contribution in [0, 0.1) is 5.41 Å². The first-order valence-electron chi connectivity index (χ1n) is 7.78. The Balaban J connectivity index is 1.47. The monoisotopic (exact) mass is 259 g/mol. The molecule has 0 saturated heterocycles. The zero-order chi connectivity index (χ0) is 13.0. The molecule has 0 amide bonds. The van der Waals surface area contributed by atoms with E-state index in [0.717, 1.165) is 18.4 Å². The van der Waals surface area contributed by atoms with Crippen molar-refractivity contribution < 1.29 is 4.74 Å². The van der Waals surface area contributed by atoms with E-state index in [0.29, 0.717) is 5.41 Å². The summed E-state index contributed by atoms with van der Waals surface area (Å²) in [6, 6.07) is 11.0. The normalized spacial score (nSPS) is 21.5. The Labute approximate surface area is 116 Å². The van der Waals surface area contributed by atoms with E-state index in [4.69, 9.17) is 4.74 Å². The van der Waals surface area contributed by atoms with Gasteiger partial charge >= 0.3 is 0 Å². The van der Waals surface area contributed by atoms with Crippen molar-refractivity contribution in [2.45, 2.75) is 51.0 Å². The van der Waals surface area contributed by atoms with Gasteiger partial charge in [-0.15, -0.1) is 0 Å². The van der Waals surface area contributed by atoms with Crippen LogP contribution in [0.15, 0.2) is 30.3 Å². The molecule has 0 radical (unpaired) electrons. The molecule has 0 bridgehead atoms. The molecule has 1 aromatic rings. The number of rotatable bonds is 7. The van der Waals surface area contributed by atoms with Gasteiger partial charge in [-0.05, 0) is 49.7 Å². The maximum Gasteiger partial charge on any atom is 0.119 e. The van der Waals surface area contributed by atoms with Crippen LogP contribution < -0.4 is 10.1 Å². The van der Waals surface area contributed by atoms with Crippen molar-refractivity contribution in [1.82, 2.24) is 5.32 Å². The summed E-state index contributed by atoms with van der Waals surface area (Å²) in [6.07, 6.45) is 9.53. The third-order valence-corrected chi connectivity index (χ3v) is 4.65. The minimum atomic E-state index is 0.511. The Morgan fingerprint density at radius 1 is 1.11 bits per heavy atom. The highest BCUT2D eigenvalue weighted by Gasteiger charge is 2.35. The lowest BCUT2D eigenvalue weighted by Crippen LogP contribution is -2.34. The molecule has 0 unspecified atom stereocenters. The van der Waals surface area contributed by atoms with Gasteiger partial charge in [-0.25, -0.2) is 0 Å². The zero-order valence-electron chi connectivity index (χ0n) is 11.7. The predicted molar refractivity (Wildman–Crippen MR) is 78.5 cm³/mol. The number of ether oxygens (including phenoxy) is 1. The molecule has 1 aromatic carbocycles. The Kier molecular flexibility index (Phi) is 4.07. The Bertz CT molecular complexity index is 380. The van der Waals surface area contributed by atoms with Gasteiger partial charge in [0.05, 0.1) is 6.61 Å². The number of benzene rings is 1. The van der Waals surface area contributed by atoms with E-state index in [1.54, 1.807) is 0 Å². The summed E-state index contributed by atoms with van der Waals surface area (Å²) in [6.45, 7) is 2.06. The van der Waals surface area contributed by atoms with Crippen molar-refractivity contribution in [1.29, 1.82) is 0 Å². The molecule has 104 valence electrons. The average Bonchev–Trinajstić information content (AvgIpc) is 3.17. The molecule has 0 aromatic heterocycles. The minimum Gasteiger partial charge on any atom is -0.494 e. The van der Waals surface area contributed by atoms with Gasteiger partial charge in [-0.3, -0.25) is 0 Å². The first-order valence-corrected chi connectivity index (χ1v) is 7.78. The van der Waals surface area contributed by atoms with Gasteiger partial charge in [-0.2, -0.15) is 0 Å². The Morgan fingerprint density at radius 2 is 1.84 bits per heavy atom. The molecule has 2 fully saturated rings. The van der Waals surface area contributed by atoms with Crippen molar-refractivity contribution in [3.05, 3.63) is 30.3 Å². The molecule has 2 heteroatoms. The Morgan fingerprint density at radius 3 is 2.53 bits per heavy atom. The molecule has 2 nitrogen and oxygen atoms in total. The third-order valence-electron chi connectivity index (χ3n) is 4.65. The molecular weight excluding hydrogens is 234 g/mol. The van der Waals surface area contributed by atoms with Crippen molar-refractivity contribution in [2.24, 2.45) is 5.41 Å². The molecule has 19 heavy (non-hydrogen) atoms. The van der Waals surface area contributed by atoms with Crippen molar-refractivity contribution >= 4 is 0 Å². The molecule has 2 aliphatic rings. The van der Waals surface area contributed by atoms with Gasteiger partial charge in [0.25, 0.3) is 0 Å². The van der Waals surface area contributed by atoms with E-state index in [9.17, 15) is 0 Å². The SMILES string of the molecule is c1ccc(OCCC2(CNC3CC3)CCCC2)cc1. The second kappa shape index (κ2) is 5.96. The second-order valence-corrected chi connectivity index (χ2v) is 6.27. The summed E-state index contributed by atoms with van der Waals surface area (Å²) in [7, 11) is 0. The molecule has 1 N–H and O–H groups in total. The summed E-state index contributed by atoms with van der Waals surface area (Å²) < 4.78 is 5.89. The fourth-order valence-corrected chi connectivity index (χ4v) is 3.19. The lowest BCUT2D eigenvalue weighted by atomic mass is 9.83. The van der Waals surface area contributed by atoms with Crippen molar-refractivity contribution in [3.8, 4) is 5.75 Å². The fourth-order valence-electron chi connectivity index (χ4n) is 3.19. The van der Waals surface area contributed by atoms with Gasteiger partial charge in [-0.1, -0.05) is 31.0 Å². The summed E-state index contributed by atoms with van der Waals surface area (Å²) in [5, 5.41) is 3.73. The topological polar surface area (TPSA) is 21.3 Å². The molecule has 0 spiro atoms. The summed E-state index contributed by atoms with van der Waals surface area (Å²) in [5.74, 6) is 1.01. The highest BCUT2D eigenvalue weighted by molar-refractivity contribution is 5.20. The second-order valence-electron chi connectivity index (χ2n) is 6.27. The zero-order valence-corrected chi connectivity index (χ0v) is 11.7. The highest BCUT2D eigenvalue weighted by Crippen LogP contribution is 2.41. The smallest absolute Gasteiger partial charge is 0.119 e. The average molecular weight is 259 g/mol. The molecule has 2 saturated carbocycles. The first-order chi connectivity index (χ1) is 9.36. The lowest BCUT2D eigenvalue weighted by molar-refractivity contribution is 0.192. The standard InChI is InChI=1S/C17H25NO/c1-2-6-16(7-3-1)19-13-12-17(10-4-5-11-17)14-18-15-8-9-15/h1-3,6-7,15,18H,4-5,8-14H2. The van der Waals surface area contributed by atoms with Crippen LogP contribution in [0.2, 0.25) is 0 Å². The van der Waals surface area contributed by atoms with E-state index < -0.39 is 0 Å². The largest absolute Gasteiger partial charge is 0.494 e. The van der Waals surface area contributed by atoms with E-state index in [1.165, 1.54) is 51.5 Å². The number of para-hydroxylation sites is 1. The number of hydrogen-bond acceptors (Lipinski definition) is 2. The summed E-state index contributed by atoms with van der Waals surface area (Å²) in [5.41, 5.74) is 0.511. The van der Waals surface area contributed by atoms with Gasteiger partial charge in [0.1, 0.15) is 5.75 Å². The van der Waals surface area contributed by atoms with Crippen molar-refractivity contribution in [3.63, 3.8) is 0 Å². The molecule has 3 rings (SSSR count). The van der Waals surface area contributed by atoms with Crippen molar-refractivity contribution in [2.75, 3.05) is 13.2 Å². The minimum absolute atomic E-state index is 0.511. The first kappa shape index (κ1) is 13.0. The van der Waals surface area contributed by atoms with Gasteiger partial charge in [0.2, 0.25) is 0 Å². The quantitative estimate of drug-likeness (QED) is 0.805. The van der Waals surface area contributed by atoms with E-state index in [-0.39, 0.29) is 0 Å². The predicted octanol–water partition coefficient (Wildman–Crippen LogP) is 3.77. The maximum absolute atomic E-state index is 5.89. The summed E-state index contributed by atoms with van der Waals surface area (Å²) in [4.78, 5) is 0. The molecule has 0 aliphatic heterocycles. The molecule has 2 aliphatic carbocycles. The van der Waals surface area contributed by atoms with Gasteiger partial charge in [0.15, 0.2) is 0 Å². The maximum atomic E-state index is 5.89. The van der Waals surface area contributed by atoms with Crippen LogP contribution in [0.3, 0.4) is 0 Å². The molecular formula is C17H25NO. The van der Waals surface area contributed by atoms with Crippen LogP contribution in [0.25, 0.3) is 0 Å². The Hall–Kier alpha value is -1.02. The summed E-state index contributed by atoms with van der Waals surface area (Å²) >= 11 is 0. The van der Waals surface area contributed by atoms with Crippen LogP contribution >= 0.6 is 0 Å².